The molecule has 0 radical (unpaired) electrons. The van der Waals surface area contributed by atoms with E-state index in [4.69, 9.17) is 4.42 Å². The van der Waals surface area contributed by atoms with E-state index in [0.29, 0.717) is 15.9 Å². The molecule has 2 heterocycles. The van der Waals surface area contributed by atoms with Gasteiger partial charge in [-0.1, -0.05) is 82.4 Å². The topological polar surface area (TPSA) is 13.1 Å². The molecule has 8 fully saturated rings. The molecule has 5 heteroatoms. The Morgan fingerprint density at radius 1 is 0.673 bits per heavy atom. The maximum atomic E-state index is 15.6. The Morgan fingerprint density at radius 2 is 1.23 bits per heavy atom. The lowest BCUT2D eigenvalue weighted by atomic mass is 9.56. The molecule has 14 rings (SSSR count). The Hall–Kier alpha value is -2.60. The molecule has 0 aliphatic heterocycles. The molecule has 5 aromatic rings. The van der Waals surface area contributed by atoms with Crippen LogP contribution in [0.3, 0.4) is 0 Å². The van der Waals surface area contributed by atoms with Crippen molar-refractivity contribution in [1.82, 2.24) is 0 Å². The van der Waals surface area contributed by atoms with Gasteiger partial charge in [-0.15, -0.1) is 0 Å². The highest BCUT2D eigenvalue weighted by Gasteiger charge is 2.59. The quantitative estimate of drug-likeness (QED) is 0.163. The van der Waals surface area contributed by atoms with E-state index >= 15 is 8.78 Å². The van der Waals surface area contributed by atoms with Crippen molar-refractivity contribution < 1.29 is 13.2 Å². The largest absolute Gasteiger partial charge is 0.456 e. The molecule has 8 saturated carbocycles. The average Bonchev–Trinajstić information content (AvgIpc) is 3.66. The first kappa shape index (κ1) is 31.7. The number of alkyl halides is 2. The molecule has 0 N–H and O–H groups in total. The Labute approximate surface area is 308 Å². The van der Waals surface area contributed by atoms with Crippen LogP contribution in [0.25, 0.3) is 32.4 Å². The van der Waals surface area contributed by atoms with Crippen molar-refractivity contribution in [3.8, 4) is 0 Å². The third-order valence-corrected chi connectivity index (χ3v) is 25.9. The van der Waals surface area contributed by atoms with E-state index in [2.05, 4.69) is 67.6 Å². The van der Waals surface area contributed by atoms with Crippen LogP contribution in [0.4, 0.5) is 8.78 Å². The molecule has 3 unspecified atom stereocenters. The molecule has 9 aliphatic rings. The van der Waals surface area contributed by atoms with E-state index in [1.165, 1.54) is 115 Å². The Morgan fingerprint density at radius 3 is 1.81 bits per heavy atom. The van der Waals surface area contributed by atoms with E-state index in [-0.39, 0.29) is 5.92 Å². The van der Waals surface area contributed by atoms with Gasteiger partial charge < -0.3 is 4.42 Å². The fourth-order valence-corrected chi connectivity index (χ4v) is 27.6. The fourth-order valence-electron chi connectivity index (χ4n) is 14.9. The molecule has 0 spiro atoms. The lowest BCUT2D eigenvalue weighted by molar-refractivity contribution is 0.0163. The zero-order valence-corrected chi connectivity index (χ0v) is 32.2. The molecule has 268 valence electrons. The van der Waals surface area contributed by atoms with Crippen LogP contribution in [-0.4, -0.2) is 0 Å². The number of para-hydroxylation sites is 1. The lowest BCUT2D eigenvalue weighted by Gasteiger charge is -2.63. The Balaban J connectivity index is 1.16. The molecular weight excluding hydrogens is 680 g/mol. The smallest absolute Gasteiger partial charge is 0.264 e. The van der Waals surface area contributed by atoms with Crippen LogP contribution in [0, 0.1) is 35.5 Å². The van der Waals surface area contributed by atoms with Gasteiger partial charge in [0, 0.05) is 43.0 Å². The second-order valence-corrected chi connectivity index (χ2v) is 25.4. The molecule has 0 amide bonds. The zero-order chi connectivity index (χ0) is 34.5. The summed E-state index contributed by atoms with van der Waals surface area (Å²) in [5.41, 5.74) is 8.13. The lowest BCUT2D eigenvalue weighted by Crippen LogP contribution is -2.48. The summed E-state index contributed by atoms with van der Waals surface area (Å²) in [6.45, 7) is 2.29. The van der Waals surface area contributed by atoms with Crippen LogP contribution in [0.15, 0.2) is 71.1 Å². The highest BCUT2D eigenvalue weighted by Crippen LogP contribution is 2.88. The van der Waals surface area contributed by atoms with Gasteiger partial charge in [0.25, 0.3) is 6.43 Å². The van der Waals surface area contributed by atoms with Crippen LogP contribution < -0.4 is 0 Å². The SMILES string of the molecule is CCCC1=C(c2cc3ccccc3o2)C(c2ccc(C(F)F)c3c2p(C24CC5CC(CC(C5)C2)C4)p3C23CC4CC(CC(C4)C2)C3)c2ccccc21. The Kier molecular flexibility index (Phi) is 6.85. The number of hydrogen-bond acceptors (Lipinski definition) is 1. The van der Waals surface area contributed by atoms with Crippen molar-refractivity contribution in [3.05, 3.63) is 94.7 Å². The van der Waals surface area contributed by atoms with Gasteiger partial charge in [-0.2, -0.15) is 0 Å². The third-order valence-electron chi connectivity index (χ3n) is 15.7. The number of halogens is 2. The van der Waals surface area contributed by atoms with Gasteiger partial charge in [-0.05, 0) is 153 Å². The summed E-state index contributed by atoms with van der Waals surface area (Å²) in [4.78, 5) is 0. The van der Waals surface area contributed by atoms with E-state index < -0.39 is 20.8 Å². The summed E-state index contributed by atoms with van der Waals surface area (Å²) in [7, 11) is -1.15. The highest BCUT2D eigenvalue weighted by atomic mass is 31.9. The van der Waals surface area contributed by atoms with Crippen molar-refractivity contribution in [2.75, 3.05) is 0 Å². The van der Waals surface area contributed by atoms with Crippen LogP contribution in [0.2, 0.25) is 0 Å². The van der Waals surface area contributed by atoms with Crippen LogP contribution >= 0.6 is 14.4 Å². The van der Waals surface area contributed by atoms with Gasteiger partial charge in [0.2, 0.25) is 0 Å². The number of allylic oxidation sites excluding steroid dienone is 2. The minimum atomic E-state index is -2.41. The minimum absolute atomic E-state index is 0.0196. The minimum Gasteiger partial charge on any atom is -0.456 e. The summed E-state index contributed by atoms with van der Waals surface area (Å²) in [6, 6.07) is 23.9. The maximum Gasteiger partial charge on any atom is 0.264 e. The second-order valence-electron chi connectivity index (χ2n) is 19.0. The molecule has 8 bridgehead atoms. The van der Waals surface area contributed by atoms with Crippen molar-refractivity contribution in [2.24, 2.45) is 35.5 Å². The molecular formula is C47H50F2OP2. The zero-order valence-electron chi connectivity index (χ0n) is 30.4. The summed E-state index contributed by atoms with van der Waals surface area (Å²) in [5, 5.41) is 4.49. The first-order valence-corrected chi connectivity index (χ1v) is 24.2. The molecule has 3 atom stereocenters. The standard InChI is InChI=1S/C47H50F2OP2/c1-2-7-35-34-9-4-5-10-36(34)41(42(35)40-20-33-8-3-6-11-39(33)50-40)37-12-13-38(45(48)49)44-43(37)51(46-21-27-14-28(22-46)16-29(15-27)23-46)52(44)47-24-30-17-31(25-47)19-32(18-30)26-47/h3-6,8-13,20,27-32,41,45H,2,7,14-19,21-26H2,1H3. The summed E-state index contributed by atoms with van der Waals surface area (Å²) >= 11 is 0. The summed E-state index contributed by atoms with van der Waals surface area (Å²) < 4.78 is 38.1. The van der Waals surface area contributed by atoms with Gasteiger partial charge in [0.05, 0.1) is 0 Å². The second kappa shape index (κ2) is 11.2. The normalized spacial score (nSPS) is 36.3. The fraction of sp³-hybridized carbons (Fsp3) is 0.532. The number of fused-ring (bicyclic) bond motifs is 3. The highest BCUT2D eigenvalue weighted by molar-refractivity contribution is 8.17. The van der Waals surface area contributed by atoms with Crippen LogP contribution in [0.1, 0.15) is 137 Å². The number of rotatable bonds is 7. The first-order chi connectivity index (χ1) is 25.4. The maximum absolute atomic E-state index is 15.6. The predicted molar refractivity (Wildman–Crippen MR) is 213 cm³/mol. The number of benzene rings is 3. The monoisotopic (exact) mass is 730 g/mol. The van der Waals surface area contributed by atoms with Gasteiger partial charge in [-0.25, -0.2) is 8.78 Å². The van der Waals surface area contributed by atoms with Gasteiger partial charge in [0.1, 0.15) is 11.3 Å². The van der Waals surface area contributed by atoms with Crippen molar-refractivity contribution in [1.29, 1.82) is 0 Å². The van der Waals surface area contributed by atoms with E-state index in [1.54, 1.807) is 0 Å². The van der Waals surface area contributed by atoms with Gasteiger partial charge in [0.15, 0.2) is 0 Å². The summed E-state index contributed by atoms with van der Waals surface area (Å²) in [6.07, 6.45) is 16.3. The molecule has 52 heavy (non-hydrogen) atoms. The van der Waals surface area contributed by atoms with E-state index in [0.717, 1.165) is 65.1 Å². The summed E-state index contributed by atoms with van der Waals surface area (Å²) in [5.74, 6) is 6.09. The number of furan rings is 1. The molecule has 3 aromatic carbocycles. The average molecular weight is 731 g/mol. The van der Waals surface area contributed by atoms with Crippen LogP contribution in [0.5, 0.6) is 0 Å². The van der Waals surface area contributed by atoms with Crippen molar-refractivity contribution in [2.45, 2.75) is 119 Å². The third kappa shape index (κ3) is 4.34. The van der Waals surface area contributed by atoms with Gasteiger partial charge in [-0.3, -0.25) is 0 Å². The van der Waals surface area contributed by atoms with Crippen molar-refractivity contribution in [3.63, 3.8) is 0 Å². The molecule has 1 nitrogen and oxygen atoms in total. The molecule has 9 aliphatic carbocycles. The van der Waals surface area contributed by atoms with Crippen LogP contribution in [-0.2, 0) is 10.3 Å². The number of hydrogen-bond donors (Lipinski definition) is 0. The van der Waals surface area contributed by atoms with Crippen molar-refractivity contribution >= 4 is 46.8 Å². The first-order valence-electron chi connectivity index (χ1n) is 20.8. The predicted octanol–water partition coefficient (Wildman–Crippen LogP) is 15.2. The Bertz CT molecular complexity index is 2190. The molecule has 0 saturated heterocycles. The van der Waals surface area contributed by atoms with Gasteiger partial charge >= 0.3 is 0 Å². The van der Waals surface area contributed by atoms with E-state index in [9.17, 15) is 0 Å². The molecule has 2 aromatic heterocycles. The van der Waals surface area contributed by atoms with E-state index in [1.807, 2.05) is 6.07 Å².